The summed E-state index contributed by atoms with van der Waals surface area (Å²) in [6, 6.07) is 0. The Balaban J connectivity index is 4.24. The van der Waals surface area contributed by atoms with Gasteiger partial charge in [-0.3, -0.25) is 14.4 Å². The summed E-state index contributed by atoms with van der Waals surface area (Å²) >= 11 is 0. The van der Waals surface area contributed by atoms with Gasteiger partial charge in [-0.25, -0.2) is 0 Å². The minimum Gasteiger partial charge on any atom is -0.462 e. The SMILES string of the molecule is CC/C=C\C/C=C\C/C=C\C/C=C\C/C=C\CCCCCCCCCCCCCCCC(=O)OCC(COC(=O)CCCCCCC/C=C\CCCCC)OC(=O)CCCCCCCCC/C=C\CCCCCCCCC. The third kappa shape index (κ3) is 63.3. The molecule has 0 aliphatic rings. The summed E-state index contributed by atoms with van der Waals surface area (Å²) < 4.78 is 16.9. The highest BCUT2D eigenvalue weighted by Crippen LogP contribution is 2.17. The molecule has 0 aromatic heterocycles. The fourth-order valence-electron chi connectivity index (χ4n) is 9.40. The van der Waals surface area contributed by atoms with E-state index in [9.17, 15) is 14.4 Å². The topological polar surface area (TPSA) is 78.9 Å². The second kappa shape index (κ2) is 65.1. The average Bonchev–Trinajstić information content (AvgIpc) is 3.43. The van der Waals surface area contributed by atoms with E-state index in [-0.39, 0.29) is 31.1 Å². The molecule has 77 heavy (non-hydrogen) atoms. The first kappa shape index (κ1) is 73.6. The molecule has 0 fully saturated rings. The minimum absolute atomic E-state index is 0.0790. The van der Waals surface area contributed by atoms with E-state index in [1.54, 1.807) is 0 Å². The molecule has 0 radical (unpaired) electrons. The molecule has 1 atom stereocenters. The largest absolute Gasteiger partial charge is 0.462 e. The van der Waals surface area contributed by atoms with Gasteiger partial charge in [0.1, 0.15) is 13.2 Å². The second-order valence-corrected chi connectivity index (χ2v) is 22.0. The Morgan fingerprint density at radius 2 is 0.506 bits per heavy atom. The quantitative estimate of drug-likeness (QED) is 0.0261. The molecule has 0 aromatic carbocycles. The highest BCUT2D eigenvalue weighted by molar-refractivity contribution is 5.71. The molecular formula is C71H124O6. The van der Waals surface area contributed by atoms with Gasteiger partial charge >= 0.3 is 17.9 Å². The zero-order valence-corrected chi connectivity index (χ0v) is 51.0. The van der Waals surface area contributed by atoms with Gasteiger partial charge < -0.3 is 14.2 Å². The fourth-order valence-corrected chi connectivity index (χ4v) is 9.40. The molecule has 0 amide bonds. The molecule has 0 saturated heterocycles. The van der Waals surface area contributed by atoms with Crippen LogP contribution in [-0.2, 0) is 28.6 Å². The van der Waals surface area contributed by atoms with E-state index >= 15 is 0 Å². The van der Waals surface area contributed by atoms with Gasteiger partial charge in [0.05, 0.1) is 0 Å². The van der Waals surface area contributed by atoms with Gasteiger partial charge in [0.15, 0.2) is 6.10 Å². The van der Waals surface area contributed by atoms with Crippen molar-refractivity contribution in [2.75, 3.05) is 13.2 Å². The third-order valence-corrected chi connectivity index (χ3v) is 14.4. The maximum Gasteiger partial charge on any atom is 0.306 e. The number of carbonyl (C=O) groups excluding carboxylic acids is 3. The van der Waals surface area contributed by atoms with Gasteiger partial charge in [-0.1, -0.05) is 279 Å². The van der Waals surface area contributed by atoms with Gasteiger partial charge in [-0.05, 0) is 116 Å². The lowest BCUT2D eigenvalue weighted by Crippen LogP contribution is -2.30. The van der Waals surface area contributed by atoms with Crippen LogP contribution in [0.25, 0.3) is 0 Å². The summed E-state index contributed by atoms with van der Waals surface area (Å²) in [7, 11) is 0. The first-order valence-electron chi connectivity index (χ1n) is 33.1. The van der Waals surface area contributed by atoms with E-state index in [2.05, 4.69) is 106 Å². The van der Waals surface area contributed by atoms with Crippen molar-refractivity contribution in [2.24, 2.45) is 0 Å². The predicted molar refractivity (Wildman–Crippen MR) is 334 cm³/mol. The highest BCUT2D eigenvalue weighted by atomic mass is 16.6. The van der Waals surface area contributed by atoms with Gasteiger partial charge in [0.25, 0.3) is 0 Å². The number of carbonyl (C=O) groups is 3. The van der Waals surface area contributed by atoms with Gasteiger partial charge in [-0.15, -0.1) is 0 Å². The van der Waals surface area contributed by atoms with E-state index in [0.717, 1.165) is 96.3 Å². The van der Waals surface area contributed by atoms with Crippen molar-refractivity contribution in [3.8, 4) is 0 Å². The Labute approximate surface area is 477 Å². The number of ether oxygens (including phenoxy) is 3. The van der Waals surface area contributed by atoms with Crippen molar-refractivity contribution in [1.82, 2.24) is 0 Å². The third-order valence-electron chi connectivity index (χ3n) is 14.4. The molecule has 0 aromatic rings. The van der Waals surface area contributed by atoms with Crippen molar-refractivity contribution in [2.45, 2.75) is 335 Å². The highest BCUT2D eigenvalue weighted by Gasteiger charge is 2.19. The molecule has 1 unspecified atom stereocenters. The molecule has 0 heterocycles. The molecule has 0 bridgehead atoms. The maximum absolute atomic E-state index is 12.9. The lowest BCUT2D eigenvalue weighted by atomic mass is 10.0. The van der Waals surface area contributed by atoms with Crippen LogP contribution < -0.4 is 0 Å². The summed E-state index contributed by atoms with van der Waals surface area (Å²) in [6.07, 6.45) is 86.0. The molecule has 0 aliphatic carbocycles. The molecule has 0 spiro atoms. The number of allylic oxidation sites excluding steroid dienone is 14. The molecule has 0 saturated carbocycles. The Bertz CT molecular complexity index is 1470. The van der Waals surface area contributed by atoms with Crippen LogP contribution in [0.1, 0.15) is 329 Å². The number of rotatable bonds is 60. The van der Waals surface area contributed by atoms with Crippen LogP contribution in [0.3, 0.4) is 0 Å². The van der Waals surface area contributed by atoms with Crippen molar-refractivity contribution < 1.29 is 28.6 Å². The number of unbranched alkanes of at least 4 members (excludes halogenated alkanes) is 35. The summed E-state index contributed by atoms with van der Waals surface area (Å²) in [5, 5.41) is 0. The first-order chi connectivity index (χ1) is 38.0. The Morgan fingerprint density at radius 3 is 0.831 bits per heavy atom. The Morgan fingerprint density at radius 1 is 0.273 bits per heavy atom. The number of hydrogen-bond acceptors (Lipinski definition) is 6. The molecule has 0 rings (SSSR count). The van der Waals surface area contributed by atoms with E-state index in [1.807, 2.05) is 0 Å². The standard InChI is InChI=1S/C71H124O6/c1-4-7-10-13-16-19-22-25-27-29-31-32-33-34-35-36-37-38-39-40-41-43-44-46-49-52-55-58-61-64-70(73)76-67-68(66-75-69(72)63-60-57-54-51-48-24-21-18-15-12-9-6-3)77-71(74)65-62-59-56-53-50-47-45-42-30-28-26-23-20-17-14-11-8-5-2/h7,10,16,18-19,21,25,27-28,30-32,34-35,68H,4-6,8-9,11-15,17,20,22-24,26,29,33,36-67H2,1-3H3/b10-7-,19-16-,21-18-,27-25-,30-28-,32-31-,35-34-. The van der Waals surface area contributed by atoms with Gasteiger partial charge in [0, 0.05) is 19.3 Å². The molecule has 0 aliphatic heterocycles. The molecule has 444 valence electrons. The molecule has 6 heteroatoms. The van der Waals surface area contributed by atoms with Crippen molar-refractivity contribution in [3.63, 3.8) is 0 Å². The second-order valence-electron chi connectivity index (χ2n) is 22.0. The first-order valence-corrected chi connectivity index (χ1v) is 33.1. The van der Waals surface area contributed by atoms with Crippen LogP contribution in [0.15, 0.2) is 85.1 Å². The van der Waals surface area contributed by atoms with Crippen molar-refractivity contribution in [1.29, 1.82) is 0 Å². The average molecular weight is 1070 g/mol. The van der Waals surface area contributed by atoms with Crippen molar-refractivity contribution in [3.05, 3.63) is 85.1 Å². The zero-order valence-electron chi connectivity index (χ0n) is 51.0. The summed E-state index contributed by atoms with van der Waals surface area (Å²) in [4.78, 5) is 38.3. The van der Waals surface area contributed by atoms with Crippen LogP contribution in [0, 0.1) is 0 Å². The maximum atomic E-state index is 12.9. The van der Waals surface area contributed by atoms with E-state index in [0.29, 0.717) is 19.3 Å². The van der Waals surface area contributed by atoms with Crippen LogP contribution in [0.5, 0.6) is 0 Å². The van der Waals surface area contributed by atoms with E-state index in [1.165, 1.54) is 193 Å². The molecule has 6 nitrogen and oxygen atoms in total. The Hall–Kier alpha value is -3.41. The number of esters is 3. The van der Waals surface area contributed by atoms with Gasteiger partial charge in [-0.2, -0.15) is 0 Å². The van der Waals surface area contributed by atoms with Crippen LogP contribution in [0.4, 0.5) is 0 Å². The lowest BCUT2D eigenvalue weighted by Gasteiger charge is -2.18. The Kier molecular flexibility index (Phi) is 62.2. The monoisotopic (exact) mass is 1070 g/mol. The normalized spacial score (nSPS) is 12.6. The molecular weight excluding hydrogens is 949 g/mol. The lowest BCUT2D eigenvalue weighted by molar-refractivity contribution is -0.167. The van der Waals surface area contributed by atoms with Crippen molar-refractivity contribution >= 4 is 17.9 Å². The molecule has 0 N–H and O–H groups in total. The minimum atomic E-state index is -0.782. The zero-order chi connectivity index (χ0) is 55.7. The van der Waals surface area contributed by atoms with E-state index in [4.69, 9.17) is 14.2 Å². The predicted octanol–water partition coefficient (Wildman–Crippen LogP) is 22.7. The van der Waals surface area contributed by atoms with Gasteiger partial charge in [0.2, 0.25) is 0 Å². The number of hydrogen-bond donors (Lipinski definition) is 0. The van der Waals surface area contributed by atoms with Crippen LogP contribution >= 0.6 is 0 Å². The summed E-state index contributed by atoms with van der Waals surface area (Å²) in [6.45, 7) is 6.52. The summed E-state index contributed by atoms with van der Waals surface area (Å²) in [5.74, 6) is -0.880. The van der Waals surface area contributed by atoms with Crippen LogP contribution in [0.2, 0.25) is 0 Å². The smallest absolute Gasteiger partial charge is 0.306 e. The van der Waals surface area contributed by atoms with E-state index < -0.39 is 6.10 Å². The fraction of sp³-hybridized carbons (Fsp3) is 0.761. The van der Waals surface area contributed by atoms with Crippen LogP contribution in [-0.4, -0.2) is 37.2 Å². The summed E-state index contributed by atoms with van der Waals surface area (Å²) in [5.41, 5.74) is 0.